The summed E-state index contributed by atoms with van der Waals surface area (Å²) in [6.07, 6.45) is 1.68. The summed E-state index contributed by atoms with van der Waals surface area (Å²) in [5, 5.41) is 2.15. The van der Waals surface area contributed by atoms with E-state index < -0.39 is 24.4 Å². The highest BCUT2D eigenvalue weighted by atomic mass is 16.6. The fourth-order valence-electron chi connectivity index (χ4n) is 2.27. The van der Waals surface area contributed by atoms with Gasteiger partial charge in [-0.25, -0.2) is 4.79 Å². The molecule has 0 saturated carbocycles. The van der Waals surface area contributed by atoms with Gasteiger partial charge in [-0.15, -0.1) is 0 Å². The number of imide groups is 1. The van der Waals surface area contributed by atoms with Gasteiger partial charge in [-0.2, -0.15) is 0 Å². The molecule has 0 aliphatic heterocycles. The standard InChI is InChI=1S/C18H20N2O5/c1-12-6-4-7-13(2)17(12)25-11-16(22)24-10-15(21)19-18(23)14-8-5-9-20(14)3/h4-9H,10-11H2,1-3H3,(H,19,21,23). The number of amides is 2. The number of esters is 1. The van der Waals surface area contributed by atoms with Crippen LogP contribution >= 0.6 is 0 Å². The number of benzene rings is 1. The Morgan fingerprint density at radius 3 is 2.32 bits per heavy atom. The van der Waals surface area contributed by atoms with Crippen LogP contribution in [0.25, 0.3) is 0 Å². The first-order valence-electron chi connectivity index (χ1n) is 7.68. The molecule has 1 heterocycles. The quantitative estimate of drug-likeness (QED) is 0.803. The van der Waals surface area contributed by atoms with Gasteiger partial charge in [-0.1, -0.05) is 18.2 Å². The Bertz CT molecular complexity index is 774. The van der Waals surface area contributed by atoms with Crippen molar-refractivity contribution >= 4 is 17.8 Å². The zero-order valence-electron chi connectivity index (χ0n) is 14.4. The lowest BCUT2D eigenvalue weighted by atomic mass is 10.1. The molecule has 2 rings (SSSR count). The molecule has 0 bridgehead atoms. The fraction of sp³-hybridized carbons (Fsp3) is 0.278. The molecule has 0 aliphatic carbocycles. The Morgan fingerprint density at radius 2 is 1.72 bits per heavy atom. The molecule has 25 heavy (non-hydrogen) atoms. The van der Waals surface area contributed by atoms with E-state index in [-0.39, 0.29) is 6.61 Å². The second-order valence-corrected chi connectivity index (χ2v) is 5.55. The van der Waals surface area contributed by atoms with Gasteiger partial charge in [0.25, 0.3) is 11.8 Å². The molecule has 1 aromatic carbocycles. The van der Waals surface area contributed by atoms with E-state index in [2.05, 4.69) is 5.32 Å². The van der Waals surface area contributed by atoms with Crippen LogP contribution in [0.5, 0.6) is 5.75 Å². The number of nitrogens with zero attached hydrogens (tertiary/aromatic N) is 1. The number of rotatable bonds is 6. The minimum Gasteiger partial charge on any atom is -0.481 e. The van der Waals surface area contributed by atoms with E-state index in [9.17, 15) is 14.4 Å². The van der Waals surface area contributed by atoms with Crippen LogP contribution in [0.15, 0.2) is 36.5 Å². The zero-order valence-corrected chi connectivity index (χ0v) is 14.4. The maximum Gasteiger partial charge on any atom is 0.344 e. The summed E-state index contributed by atoms with van der Waals surface area (Å²) in [7, 11) is 1.68. The summed E-state index contributed by atoms with van der Waals surface area (Å²) < 4.78 is 11.8. The average molecular weight is 344 g/mol. The molecule has 0 aliphatic rings. The maximum absolute atomic E-state index is 11.8. The van der Waals surface area contributed by atoms with E-state index in [0.717, 1.165) is 11.1 Å². The lowest BCUT2D eigenvalue weighted by Gasteiger charge is -2.11. The normalized spacial score (nSPS) is 10.2. The summed E-state index contributed by atoms with van der Waals surface area (Å²) in [6.45, 7) is 2.88. The van der Waals surface area contributed by atoms with E-state index in [1.807, 2.05) is 32.0 Å². The number of nitrogens with one attached hydrogen (secondary N) is 1. The van der Waals surface area contributed by atoms with Crippen molar-refractivity contribution in [2.45, 2.75) is 13.8 Å². The number of carbonyl (C=O) groups is 3. The van der Waals surface area contributed by atoms with E-state index >= 15 is 0 Å². The van der Waals surface area contributed by atoms with Gasteiger partial charge in [-0.3, -0.25) is 14.9 Å². The van der Waals surface area contributed by atoms with Gasteiger partial charge in [-0.05, 0) is 37.1 Å². The van der Waals surface area contributed by atoms with Crippen LogP contribution in [0.4, 0.5) is 0 Å². The maximum atomic E-state index is 11.8. The molecule has 7 nitrogen and oxygen atoms in total. The van der Waals surface area contributed by atoms with Crippen LogP contribution in [0.1, 0.15) is 21.6 Å². The molecule has 2 amide bonds. The van der Waals surface area contributed by atoms with Crippen LogP contribution in [-0.4, -0.2) is 35.6 Å². The van der Waals surface area contributed by atoms with Gasteiger partial charge in [0.05, 0.1) is 0 Å². The molecule has 0 radical (unpaired) electrons. The molecule has 1 aromatic heterocycles. The molecule has 0 saturated heterocycles. The third-order valence-electron chi connectivity index (χ3n) is 3.54. The van der Waals surface area contributed by atoms with Gasteiger partial charge >= 0.3 is 5.97 Å². The fourth-order valence-corrected chi connectivity index (χ4v) is 2.27. The summed E-state index contributed by atoms with van der Waals surface area (Å²) >= 11 is 0. The van der Waals surface area contributed by atoms with Crippen molar-refractivity contribution < 1.29 is 23.9 Å². The summed E-state index contributed by atoms with van der Waals surface area (Å²) in [5.74, 6) is -1.33. The zero-order chi connectivity index (χ0) is 18.4. The summed E-state index contributed by atoms with van der Waals surface area (Å²) in [4.78, 5) is 35.2. The summed E-state index contributed by atoms with van der Waals surface area (Å²) in [5.41, 5.74) is 2.13. The van der Waals surface area contributed by atoms with Crippen LogP contribution in [-0.2, 0) is 21.4 Å². The molecular formula is C18H20N2O5. The van der Waals surface area contributed by atoms with Crippen LogP contribution in [0.3, 0.4) is 0 Å². The Labute approximate surface area is 145 Å². The van der Waals surface area contributed by atoms with E-state index in [1.54, 1.807) is 29.9 Å². The Kier molecular flexibility index (Phi) is 5.94. The van der Waals surface area contributed by atoms with Gasteiger partial charge in [0.2, 0.25) is 0 Å². The van der Waals surface area contributed by atoms with E-state index in [4.69, 9.17) is 9.47 Å². The predicted molar refractivity (Wildman–Crippen MR) is 90.3 cm³/mol. The molecule has 1 N–H and O–H groups in total. The number of hydrogen-bond donors (Lipinski definition) is 1. The molecule has 0 spiro atoms. The second-order valence-electron chi connectivity index (χ2n) is 5.55. The molecule has 0 unspecified atom stereocenters. The highest BCUT2D eigenvalue weighted by Gasteiger charge is 2.15. The Morgan fingerprint density at radius 1 is 1.04 bits per heavy atom. The van der Waals surface area contributed by atoms with E-state index in [1.165, 1.54) is 0 Å². The van der Waals surface area contributed by atoms with Crippen LogP contribution in [0.2, 0.25) is 0 Å². The first kappa shape index (κ1) is 18.3. The third-order valence-corrected chi connectivity index (χ3v) is 3.54. The van der Waals surface area contributed by atoms with Gasteiger partial charge in [0.1, 0.15) is 11.4 Å². The van der Waals surface area contributed by atoms with Gasteiger partial charge < -0.3 is 14.0 Å². The summed E-state index contributed by atoms with van der Waals surface area (Å²) in [6, 6.07) is 8.90. The van der Waals surface area contributed by atoms with Crippen LogP contribution in [0, 0.1) is 13.8 Å². The first-order chi connectivity index (χ1) is 11.9. The number of carbonyl (C=O) groups excluding carboxylic acids is 3. The number of ether oxygens (including phenoxy) is 2. The Hall–Kier alpha value is -3.09. The van der Waals surface area contributed by atoms with Crippen molar-refractivity contribution in [1.82, 2.24) is 9.88 Å². The largest absolute Gasteiger partial charge is 0.481 e. The van der Waals surface area contributed by atoms with Gasteiger partial charge in [0.15, 0.2) is 13.2 Å². The number of aromatic nitrogens is 1. The number of para-hydroxylation sites is 1. The lowest BCUT2D eigenvalue weighted by Crippen LogP contribution is -2.35. The van der Waals surface area contributed by atoms with E-state index in [0.29, 0.717) is 11.4 Å². The SMILES string of the molecule is Cc1cccc(C)c1OCC(=O)OCC(=O)NC(=O)c1cccn1C. The molecule has 0 atom stereocenters. The molecule has 2 aromatic rings. The lowest BCUT2D eigenvalue weighted by molar-refractivity contribution is -0.150. The smallest absolute Gasteiger partial charge is 0.344 e. The highest BCUT2D eigenvalue weighted by molar-refractivity contribution is 6.04. The van der Waals surface area contributed by atoms with Crippen molar-refractivity contribution in [2.24, 2.45) is 7.05 Å². The predicted octanol–water partition coefficient (Wildman–Crippen LogP) is 1.52. The topological polar surface area (TPSA) is 86.6 Å². The molecule has 0 fully saturated rings. The first-order valence-corrected chi connectivity index (χ1v) is 7.68. The number of hydrogen-bond acceptors (Lipinski definition) is 5. The van der Waals surface area contributed by atoms with Crippen LogP contribution < -0.4 is 10.1 Å². The minimum atomic E-state index is -0.702. The average Bonchev–Trinajstić information content (AvgIpc) is 2.98. The van der Waals surface area contributed by atoms with Crippen molar-refractivity contribution in [1.29, 1.82) is 0 Å². The third kappa shape index (κ3) is 4.94. The second kappa shape index (κ2) is 8.14. The van der Waals surface area contributed by atoms with Crippen molar-refractivity contribution in [3.8, 4) is 5.75 Å². The highest BCUT2D eigenvalue weighted by Crippen LogP contribution is 2.22. The minimum absolute atomic E-state index is 0.315. The molecule has 7 heteroatoms. The monoisotopic (exact) mass is 344 g/mol. The van der Waals surface area contributed by atoms with Gasteiger partial charge in [0, 0.05) is 13.2 Å². The molecular weight excluding hydrogens is 324 g/mol. The Balaban J connectivity index is 1.77. The van der Waals surface area contributed by atoms with Crippen molar-refractivity contribution in [3.63, 3.8) is 0 Å². The van der Waals surface area contributed by atoms with Crippen molar-refractivity contribution in [3.05, 3.63) is 53.3 Å². The molecule has 132 valence electrons. The van der Waals surface area contributed by atoms with Crippen molar-refractivity contribution in [2.75, 3.05) is 13.2 Å². The number of aryl methyl sites for hydroxylation is 3.